The number of hydrogen-bond donors (Lipinski definition) is 0. The second kappa shape index (κ2) is 5.15. The standard InChI is InChI=1S/C14H17NO2/c1-11(2)17-8-7-15-9-12(10-16)13-5-3-4-6-14(13)15/h3-6,9-11H,7-8H2,1-2H3. The minimum absolute atomic E-state index is 0.238. The Morgan fingerprint density at radius 1 is 1.35 bits per heavy atom. The lowest BCUT2D eigenvalue weighted by atomic mass is 10.2. The molecule has 2 rings (SSSR count). The lowest BCUT2D eigenvalue weighted by Gasteiger charge is -2.09. The summed E-state index contributed by atoms with van der Waals surface area (Å²) in [7, 11) is 0. The van der Waals surface area contributed by atoms with E-state index in [0.717, 1.165) is 29.3 Å². The first kappa shape index (κ1) is 11.9. The molecule has 0 amide bonds. The smallest absolute Gasteiger partial charge is 0.152 e. The number of fused-ring (bicyclic) bond motifs is 1. The van der Waals surface area contributed by atoms with E-state index in [9.17, 15) is 4.79 Å². The van der Waals surface area contributed by atoms with Crippen LogP contribution in [-0.2, 0) is 11.3 Å². The van der Waals surface area contributed by atoms with E-state index in [2.05, 4.69) is 4.57 Å². The first-order chi connectivity index (χ1) is 8.22. The van der Waals surface area contributed by atoms with Crippen molar-refractivity contribution in [3.05, 3.63) is 36.0 Å². The molecule has 3 nitrogen and oxygen atoms in total. The highest BCUT2D eigenvalue weighted by atomic mass is 16.5. The van der Waals surface area contributed by atoms with Crippen molar-refractivity contribution in [3.63, 3.8) is 0 Å². The minimum Gasteiger partial charge on any atom is -0.377 e. The molecule has 3 heteroatoms. The minimum atomic E-state index is 0.238. The molecule has 0 bridgehead atoms. The summed E-state index contributed by atoms with van der Waals surface area (Å²) in [4.78, 5) is 11.0. The first-order valence-corrected chi connectivity index (χ1v) is 5.87. The Labute approximate surface area is 101 Å². The van der Waals surface area contributed by atoms with E-state index in [4.69, 9.17) is 4.74 Å². The van der Waals surface area contributed by atoms with Crippen LogP contribution in [0, 0.1) is 0 Å². The van der Waals surface area contributed by atoms with Gasteiger partial charge in [0.05, 0.1) is 12.7 Å². The maximum absolute atomic E-state index is 11.0. The zero-order valence-corrected chi connectivity index (χ0v) is 10.2. The Hall–Kier alpha value is -1.61. The second-order valence-electron chi connectivity index (χ2n) is 4.33. The van der Waals surface area contributed by atoms with Crippen LogP contribution >= 0.6 is 0 Å². The Morgan fingerprint density at radius 3 is 2.82 bits per heavy atom. The summed E-state index contributed by atoms with van der Waals surface area (Å²) in [6, 6.07) is 7.93. The van der Waals surface area contributed by atoms with Crippen molar-refractivity contribution in [2.24, 2.45) is 0 Å². The van der Waals surface area contributed by atoms with Crippen molar-refractivity contribution >= 4 is 17.2 Å². The van der Waals surface area contributed by atoms with E-state index in [1.165, 1.54) is 0 Å². The monoisotopic (exact) mass is 231 g/mol. The van der Waals surface area contributed by atoms with Crippen LogP contribution in [0.1, 0.15) is 24.2 Å². The van der Waals surface area contributed by atoms with Crippen LogP contribution < -0.4 is 0 Å². The van der Waals surface area contributed by atoms with Crippen molar-refractivity contribution in [1.82, 2.24) is 4.57 Å². The summed E-state index contributed by atoms with van der Waals surface area (Å²) >= 11 is 0. The molecule has 90 valence electrons. The lowest BCUT2D eigenvalue weighted by Crippen LogP contribution is -2.09. The number of aromatic nitrogens is 1. The normalized spacial score (nSPS) is 11.2. The Bertz CT molecular complexity index is 514. The second-order valence-corrected chi connectivity index (χ2v) is 4.33. The molecular weight excluding hydrogens is 214 g/mol. The van der Waals surface area contributed by atoms with Gasteiger partial charge in [0.25, 0.3) is 0 Å². The molecule has 0 aliphatic rings. The predicted molar refractivity (Wildman–Crippen MR) is 68.4 cm³/mol. The average molecular weight is 231 g/mol. The van der Waals surface area contributed by atoms with E-state index in [1.807, 2.05) is 44.3 Å². The average Bonchev–Trinajstić information content (AvgIpc) is 2.68. The summed E-state index contributed by atoms with van der Waals surface area (Å²) in [5.41, 5.74) is 1.83. The van der Waals surface area contributed by atoms with Crippen LogP contribution in [0.3, 0.4) is 0 Å². The van der Waals surface area contributed by atoms with Gasteiger partial charge in [0.15, 0.2) is 6.29 Å². The van der Waals surface area contributed by atoms with Crippen LogP contribution in [0.5, 0.6) is 0 Å². The number of benzene rings is 1. The first-order valence-electron chi connectivity index (χ1n) is 5.87. The van der Waals surface area contributed by atoms with Gasteiger partial charge in [-0.3, -0.25) is 4.79 Å². The number of hydrogen-bond acceptors (Lipinski definition) is 2. The van der Waals surface area contributed by atoms with Crippen molar-refractivity contribution in [2.45, 2.75) is 26.5 Å². The van der Waals surface area contributed by atoms with Crippen LogP contribution in [-0.4, -0.2) is 23.6 Å². The molecule has 0 atom stereocenters. The van der Waals surface area contributed by atoms with E-state index in [0.29, 0.717) is 6.61 Å². The van der Waals surface area contributed by atoms with E-state index >= 15 is 0 Å². The number of ether oxygens (including phenoxy) is 1. The highest BCUT2D eigenvalue weighted by Gasteiger charge is 2.06. The summed E-state index contributed by atoms with van der Waals surface area (Å²) in [6.07, 6.45) is 3.03. The Balaban J connectivity index is 2.25. The number of carbonyl (C=O) groups excluding carboxylic acids is 1. The quantitative estimate of drug-likeness (QED) is 0.741. The predicted octanol–water partition coefficient (Wildman–Crippen LogP) is 2.88. The molecule has 0 aliphatic carbocycles. The van der Waals surface area contributed by atoms with Gasteiger partial charge in [-0.2, -0.15) is 0 Å². The van der Waals surface area contributed by atoms with Crippen LogP contribution in [0.4, 0.5) is 0 Å². The summed E-state index contributed by atoms with van der Waals surface area (Å²) in [5.74, 6) is 0. The lowest BCUT2D eigenvalue weighted by molar-refractivity contribution is 0.0733. The number of aldehydes is 1. The van der Waals surface area contributed by atoms with Gasteiger partial charge in [-0.15, -0.1) is 0 Å². The number of rotatable bonds is 5. The molecule has 0 N–H and O–H groups in total. The molecule has 0 aliphatic heterocycles. The third-order valence-electron chi connectivity index (χ3n) is 2.73. The van der Waals surface area contributed by atoms with Gasteiger partial charge in [-0.05, 0) is 19.9 Å². The van der Waals surface area contributed by atoms with Crippen molar-refractivity contribution in [2.75, 3.05) is 6.61 Å². The third kappa shape index (κ3) is 2.56. The van der Waals surface area contributed by atoms with E-state index < -0.39 is 0 Å². The summed E-state index contributed by atoms with van der Waals surface area (Å²) < 4.78 is 7.60. The van der Waals surface area contributed by atoms with Crippen molar-refractivity contribution < 1.29 is 9.53 Å². The van der Waals surface area contributed by atoms with Crippen LogP contribution in [0.15, 0.2) is 30.5 Å². The molecule has 0 radical (unpaired) electrons. The highest BCUT2D eigenvalue weighted by Crippen LogP contribution is 2.19. The molecule has 1 heterocycles. The van der Waals surface area contributed by atoms with Gasteiger partial charge in [0, 0.05) is 29.2 Å². The van der Waals surface area contributed by atoms with Gasteiger partial charge in [-0.1, -0.05) is 18.2 Å². The van der Waals surface area contributed by atoms with Crippen molar-refractivity contribution in [3.8, 4) is 0 Å². The molecule has 0 spiro atoms. The van der Waals surface area contributed by atoms with E-state index in [-0.39, 0.29) is 6.10 Å². The Kier molecular flexibility index (Phi) is 3.59. The van der Waals surface area contributed by atoms with Gasteiger partial charge < -0.3 is 9.30 Å². The molecule has 0 unspecified atom stereocenters. The maximum Gasteiger partial charge on any atom is 0.152 e. The number of carbonyl (C=O) groups is 1. The SMILES string of the molecule is CC(C)OCCn1cc(C=O)c2ccccc21. The zero-order valence-electron chi connectivity index (χ0n) is 10.2. The van der Waals surface area contributed by atoms with Gasteiger partial charge in [-0.25, -0.2) is 0 Å². The summed E-state index contributed by atoms with van der Waals surface area (Å²) in [6.45, 7) is 5.47. The Morgan fingerprint density at radius 2 is 2.12 bits per heavy atom. The molecule has 1 aromatic heterocycles. The third-order valence-corrected chi connectivity index (χ3v) is 2.73. The van der Waals surface area contributed by atoms with Crippen molar-refractivity contribution in [1.29, 1.82) is 0 Å². The van der Waals surface area contributed by atoms with Gasteiger partial charge in [0.1, 0.15) is 0 Å². The fourth-order valence-corrected chi connectivity index (χ4v) is 1.94. The highest BCUT2D eigenvalue weighted by molar-refractivity contribution is 5.97. The number of para-hydroxylation sites is 1. The topological polar surface area (TPSA) is 31.2 Å². The molecule has 1 aromatic carbocycles. The molecule has 17 heavy (non-hydrogen) atoms. The maximum atomic E-state index is 11.0. The largest absolute Gasteiger partial charge is 0.377 e. The molecule has 0 saturated heterocycles. The molecule has 0 fully saturated rings. The number of nitrogens with zero attached hydrogens (tertiary/aromatic N) is 1. The van der Waals surface area contributed by atoms with Gasteiger partial charge >= 0.3 is 0 Å². The zero-order chi connectivity index (χ0) is 12.3. The fraction of sp³-hybridized carbons (Fsp3) is 0.357. The van der Waals surface area contributed by atoms with E-state index in [1.54, 1.807) is 0 Å². The fourth-order valence-electron chi connectivity index (χ4n) is 1.94. The molecular formula is C14H17NO2. The van der Waals surface area contributed by atoms with Crippen LogP contribution in [0.2, 0.25) is 0 Å². The van der Waals surface area contributed by atoms with Crippen LogP contribution in [0.25, 0.3) is 10.9 Å². The molecule has 0 saturated carbocycles. The van der Waals surface area contributed by atoms with Gasteiger partial charge in [0.2, 0.25) is 0 Å². The summed E-state index contributed by atoms with van der Waals surface area (Å²) in [5, 5.41) is 1.01. The molecule has 2 aromatic rings.